The molecule has 0 N–H and O–H groups in total. The van der Waals surface area contributed by atoms with Gasteiger partial charge in [-0.1, -0.05) is 97.1 Å². The summed E-state index contributed by atoms with van der Waals surface area (Å²) in [7, 11) is 0. The van der Waals surface area contributed by atoms with Gasteiger partial charge in [-0.3, -0.25) is 19.2 Å². The molecule has 0 unspecified atom stereocenters. The van der Waals surface area contributed by atoms with Gasteiger partial charge >= 0.3 is 0 Å². The van der Waals surface area contributed by atoms with Crippen LogP contribution in [0.4, 0.5) is 45.5 Å². The van der Waals surface area contributed by atoms with Gasteiger partial charge < -0.3 is 9.80 Å². The summed E-state index contributed by atoms with van der Waals surface area (Å²) in [6, 6.07) is 69.2. The monoisotopic (exact) mass is 912 g/mol. The summed E-state index contributed by atoms with van der Waals surface area (Å²) in [5.74, 6) is -1.63. The van der Waals surface area contributed by atoms with E-state index in [9.17, 15) is 19.2 Å². The van der Waals surface area contributed by atoms with Crippen LogP contribution in [-0.2, 0) is 0 Å². The van der Waals surface area contributed by atoms with E-state index >= 15 is 0 Å². The predicted octanol–water partition coefficient (Wildman–Crippen LogP) is 13.6. The Labute approximate surface area is 400 Å². The SMILES string of the molecule is O=C1c2ccc(-c3ccc(-c4ccc5c(c4)C(=O)N(c4ccc(N(c6ccccc6)c6ccccc6)cc4)C5=O)c4nsnc34)cc2C(=O)N1c1ccc(N(c2ccccc2)c2ccccc2)cc1. The Morgan fingerprint density at radius 1 is 0.304 bits per heavy atom. The molecule has 12 rings (SSSR count). The number of fused-ring (bicyclic) bond motifs is 3. The normalized spacial score (nSPS) is 13.0. The van der Waals surface area contributed by atoms with Crippen LogP contribution in [0.2, 0.25) is 0 Å². The van der Waals surface area contributed by atoms with Gasteiger partial charge in [0.15, 0.2) is 0 Å². The predicted molar refractivity (Wildman–Crippen MR) is 273 cm³/mol. The minimum atomic E-state index is -0.416. The molecule has 0 bridgehead atoms. The zero-order valence-corrected chi connectivity index (χ0v) is 37.3. The molecule has 0 atom stereocenters. The lowest BCUT2D eigenvalue weighted by Crippen LogP contribution is -2.29. The van der Waals surface area contributed by atoms with Crippen molar-refractivity contribution < 1.29 is 19.2 Å². The summed E-state index contributed by atoms with van der Waals surface area (Å²) in [6.07, 6.45) is 0. The quantitative estimate of drug-likeness (QED) is 0.125. The third-order valence-corrected chi connectivity index (χ3v) is 13.1. The molecule has 1 aromatic heterocycles. The third-order valence-electron chi connectivity index (χ3n) is 12.6. The van der Waals surface area contributed by atoms with E-state index in [1.165, 1.54) is 9.80 Å². The number of nitrogens with zero attached hydrogens (tertiary/aromatic N) is 6. The van der Waals surface area contributed by atoms with Crippen molar-refractivity contribution in [2.24, 2.45) is 0 Å². The number of aromatic nitrogens is 2. The maximum Gasteiger partial charge on any atom is 0.266 e. The molecule has 69 heavy (non-hydrogen) atoms. The first kappa shape index (κ1) is 41.1. The van der Waals surface area contributed by atoms with Crippen molar-refractivity contribution in [1.82, 2.24) is 8.75 Å². The van der Waals surface area contributed by atoms with E-state index in [-0.39, 0.29) is 0 Å². The van der Waals surface area contributed by atoms with Crippen LogP contribution in [0.25, 0.3) is 33.3 Å². The van der Waals surface area contributed by atoms with Crippen molar-refractivity contribution in [3.63, 3.8) is 0 Å². The zero-order chi connectivity index (χ0) is 46.6. The number of carbonyl (C=O) groups is 4. The number of rotatable bonds is 10. The Hall–Kier alpha value is -9.32. The molecule has 328 valence electrons. The molecule has 2 aliphatic rings. The molecule has 9 aromatic carbocycles. The second kappa shape index (κ2) is 16.8. The molecule has 0 fully saturated rings. The highest BCUT2D eigenvalue weighted by Gasteiger charge is 2.39. The molecular weight excluding hydrogens is 877 g/mol. The average molecular weight is 913 g/mol. The first-order chi connectivity index (χ1) is 33.9. The minimum absolute atomic E-state index is 0.294. The summed E-state index contributed by atoms with van der Waals surface area (Å²) in [5, 5.41) is 0. The van der Waals surface area contributed by atoms with E-state index in [4.69, 9.17) is 0 Å². The fourth-order valence-corrected chi connectivity index (χ4v) is 9.90. The number of anilines is 8. The Morgan fingerprint density at radius 2 is 0.594 bits per heavy atom. The molecule has 0 radical (unpaired) electrons. The van der Waals surface area contributed by atoms with Gasteiger partial charge in [-0.15, -0.1) is 0 Å². The van der Waals surface area contributed by atoms with Crippen LogP contribution in [0.5, 0.6) is 0 Å². The fraction of sp³-hybridized carbons (Fsp3) is 0. The Morgan fingerprint density at radius 3 is 0.928 bits per heavy atom. The van der Waals surface area contributed by atoms with Crippen LogP contribution in [-0.4, -0.2) is 32.4 Å². The molecule has 0 aliphatic carbocycles. The van der Waals surface area contributed by atoms with Gasteiger partial charge in [0.2, 0.25) is 0 Å². The fourth-order valence-electron chi connectivity index (χ4n) is 9.32. The molecule has 10 nitrogen and oxygen atoms in total. The van der Waals surface area contributed by atoms with Crippen molar-refractivity contribution in [3.05, 3.63) is 241 Å². The van der Waals surface area contributed by atoms with Crippen LogP contribution in [0, 0.1) is 0 Å². The summed E-state index contributed by atoms with van der Waals surface area (Å²) in [5.41, 5.74) is 11.9. The smallest absolute Gasteiger partial charge is 0.266 e. The first-order valence-corrected chi connectivity index (χ1v) is 23.0. The van der Waals surface area contributed by atoms with E-state index in [2.05, 4.69) is 18.5 Å². The lowest BCUT2D eigenvalue weighted by Gasteiger charge is -2.26. The summed E-state index contributed by atoms with van der Waals surface area (Å²) in [4.78, 5) is 62.7. The molecule has 4 amide bonds. The van der Waals surface area contributed by atoms with Gasteiger partial charge in [-0.2, -0.15) is 8.75 Å². The average Bonchev–Trinajstić information content (AvgIpc) is 4.07. The van der Waals surface area contributed by atoms with Crippen LogP contribution in [0.3, 0.4) is 0 Å². The minimum Gasteiger partial charge on any atom is -0.311 e. The number of hydrogen-bond donors (Lipinski definition) is 0. The Bertz CT molecular complexity index is 3330. The third kappa shape index (κ3) is 7.04. The van der Waals surface area contributed by atoms with Crippen molar-refractivity contribution in [2.75, 3.05) is 19.6 Å². The highest BCUT2D eigenvalue weighted by molar-refractivity contribution is 7.00. The van der Waals surface area contributed by atoms with Gasteiger partial charge in [0, 0.05) is 45.3 Å². The van der Waals surface area contributed by atoms with E-state index in [1.807, 2.05) is 170 Å². The van der Waals surface area contributed by atoms with Gasteiger partial charge in [-0.05, 0) is 132 Å². The maximum atomic E-state index is 14.1. The molecule has 0 saturated heterocycles. The summed E-state index contributed by atoms with van der Waals surface area (Å²) >= 11 is 1.05. The summed E-state index contributed by atoms with van der Waals surface area (Å²) in [6.45, 7) is 0. The van der Waals surface area contributed by atoms with Crippen LogP contribution in [0.1, 0.15) is 41.4 Å². The van der Waals surface area contributed by atoms with Crippen molar-refractivity contribution >= 4 is 91.9 Å². The number of benzene rings is 9. The molecule has 11 heteroatoms. The molecule has 3 heterocycles. The summed E-state index contributed by atoms with van der Waals surface area (Å²) < 4.78 is 9.36. The van der Waals surface area contributed by atoms with Gasteiger partial charge in [-0.25, -0.2) is 9.80 Å². The van der Waals surface area contributed by atoms with Gasteiger partial charge in [0.1, 0.15) is 11.0 Å². The highest BCUT2D eigenvalue weighted by Crippen LogP contribution is 2.41. The molecule has 0 saturated carbocycles. The van der Waals surface area contributed by atoms with Crippen molar-refractivity contribution in [1.29, 1.82) is 0 Å². The number of hydrogen-bond acceptors (Lipinski definition) is 9. The lowest BCUT2D eigenvalue weighted by molar-refractivity contribution is 0.0910. The van der Waals surface area contributed by atoms with Crippen LogP contribution < -0.4 is 19.6 Å². The maximum absolute atomic E-state index is 14.1. The number of carbonyl (C=O) groups excluding carboxylic acids is 4. The second-order valence-electron chi connectivity index (χ2n) is 16.6. The topological polar surface area (TPSA) is 107 Å². The van der Waals surface area contributed by atoms with Gasteiger partial charge in [0.05, 0.1) is 45.4 Å². The lowest BCUT2D eigenvalue weighted by atomic mass is 9.94. The van der Waals surface area contributed by atoms with E-state index in [0.29, 0.717) is 55.8 Å². The van der Waals surface area contributed by atoms with E-state index in [0.717, 1.165) is 57.0 Å². The Kier molecular flexibility index (Phi) is 10.0. The molecule has 10 aromatic rings. The standard InChI is InChI=1S/C58H36N6O4S/c65-55-49-31-21-37(35-51(49)57(67)63(55)45-27-23-43(24-28-45)61(39-13-5-1-6-14-39)40-15-7-2-8-16-40)47-33-34-48(54-53(47)59-69-60-54)38-22-32-50-52(36-38)58(68)64(56(50)66)46-29-25-44(26-30-46)62(41-17-9-3-10-18-41)42-19-11-4-12-20-42/h1-36H. The second-order valence-corrected chi connectivity index (χ2v) is 17.1. The largest absolute Gasteiger partial charge is 0.311 e. The number of imide groups is 2. The zero-order valence-electron chi connectivity index (χ0n) is 36.5. The van der Waals surface area contributed by atoms with E-state index < -0.39 is 23.6 Å². The highest BCUT2D eigenvalue weighted by atomic mass is 32.1. The Balaban J connectivity index is 0.806. The van der Waals surface area contributed by atoms with E-state index in [1.54, 1.807) is 48.5 Å². The molecule has 2 aliphatic heterocycles. The van der Waals surface area contributed by atoms with Gasteiger partial charge in [0.25, 0.3) is 23.6 Å². The van der Waals surface area contributed by atoms with Crippen molar-refractivity contribution in [2.45, 2.75) is 0 Å². The molecular formula is C58H36N6O4S. The number of para-hydroxylation sites is 4. The van der Waals surface area contributed by atoms with Crippen LogP contribution in [0.15, 0.2) is 218 Å². The van der Waals surface area contributed by atoms with Crippen molar-refractivity contribution in [3.8, 4) is 22.3 Å². The van der Waals surface area contributed by atoms with Crippen LogP contribution >= 0.6 is 11.7 Å². The molecule has 0 spiro atoms. The first-order valence-electron chi connectivity index (χ1n) is 22.2. The number of amides is 4.